The van der Waals surface area contributed by atoms with Gasteiger partial charge in [-0.25, -0.2) is 8.78 Å². The van der Waals surface area contributed by atoms with Crippen LogP contribution in [0.5, 0.6) is 0 Å². The van der Waals surface area contributed by atoms with Gasteiger partial charge in [-0.2, -0.15) is 0 Å². The summed E-state index contributed by atoms with van der Waals surface area (Å²) in [6, 6.07) is 3.80. The fraction of sp³-hybridized carbons (Fsp3) is 0.500. The summed E-state index contributed by atoms with van der Waals surface area (Å²) in [5, 5.41) is 3.28. The SMILES string of the molecule is CC1CNCC(c2cc(F)cc(F)c2)C1. The van der Waals surface area contributed by atoms with Crippen molar-refractivity contribution in [2.24, 2.45) is 5.92 Å². The average molecular weight is 211 g/mol. The fourth-order valence-corrected chi connectivity index (χ4v) is 2.22. The molecule has 0 saturated carbocycles. The summed E-state index contributed by atoms with van der Waals surface area (Å²) in [7, 11) is 0. The summed E-state index contributed by atoms with van der Waals surface area (Å²) in [5.74, 6) is -0.166. The molecule has 0 aliphatic carbocycles. The molecule has 2 rings (SSSR count). The number of benzene rings is 1. The van der Waals surface area contributed by atoms with Crippen LogP contribution >= 0.6 is 0 Å². The van der Waals surface area contributed by atoms with Crippen molar-refractivity contribution in [2.45, 2.75) is 19.3 Å². The van der Waals surface area contributed by atoms with E-state index in [1.54, 1.807) is 0 Å². The van der Waals surface area contributed by atoms with Crippen molar-refractivity contribution in [2.75, 3.05) is 13.1 Å². The molecule has 15 heavy (non-hydrogen) atoms. The molecule has 0 radical (unpaired) electrons. The van der Waals surface area contributed by atoms with Crippen molar-refractivity contribution in [3.05, 3.63) is 35.4 Å². The molecular weight excluding hydrogens is 196 g/mol. The Morgan fingerprint density at radius 3 is 2.40 bits per heavy atom. The predicted octanol–water partition coefficient (Wildman–Crippen LogP) is 2.68. The van der Waals surface area contributed by atoms with E-state index in [9.17, 15) is 8.78 Å². The molecule has 1 aromatic rings. The molecule has 82 valence electrons. The lowest BCUT2D eigenvalue weighted by atomic mass is 9.86. The first-order valence-electron chi connectivity index (χ1n) is 5.32. The summed E-state index contributed by atoms with van der Waals surface area (Å²) in [6.07, 6.45) is 0.996. The van der Waals surface area contributed by atoms with Crippen molar-refractivity contribution in [1.29, 1.82) is 0 Å². The highest BCUT2D eigenvalue weighted by molar-refractivity contribution is 5.22. The summed E-state index contributed by atoms with van der Waals surface area (Å²) in [4.78, 5) is 0. The van der Waals surface area contributed by atoms with Crippen LogP contribution in [0.4, 0.5) is 8.78 Å². The molecule has 1 heterocycles. The molecule has 1 aliphatic heterocycles. The quantitative estimate of drug-likeness (QED) is 0.753. The van der Waals surface area contributed by atoms with Crippen molar-refractivity contribution in [3.8, 4) is 0 Å². The minimum absolute atomic E-state index is 0.235. The summed E-state index contributed by atoms with van der Waals surface area (Å²) in [6.45, 7) is 3.95. The fourth-order valence-electron chi connectivity index (χ4n) is 2.22. The van der Waals surface area contributed by atoms with Crippen LogP contribution in [-0.2, 0) is 0 Å². The van der Waals surface area contributed by atoms with Crippen molar-refractivity contribution in [3.63, 3.8) is 0 Å². The summed E-state index contributed by atoms with van der Waals surface area (Å²) >= 11 is 0. The van der Waals surface area contributed by atoms with E-state index in [-0.39, 0.29) is 5.92 Å². The maximum atomic E-state index is 13.0. The minimum atomic E-state index is -0.483. The lowest BCUT2D eigenvalue weighted by Crippen LogP contribution is -2.33. The second-order valence-electron chi connectivity index (χ2n) is 4.40. The average Bonchev–Trinajstić information content (AvgIpc) is 2.16. The maximum absolute atomic E-state index is 13.0. The Morgan fingerprint density at radius 1 is 1.13 bits per heavy atom. The summed E-state index contributed by atoms with van der Waals surface area (Å²) in [5.41, 5.74) is 0.770. The first-order valence-corrected chi connectivity index (χ1v) is 5.32. The molecule has 1 saturated heterocycles. The van der Waals surface area contributed by atoms with Gasteiger partial charge < -0.3 is 5.32 Å². The maximum Gasteiger partial charge on any atom is 0.126 e. The Kier molecular flexibility index (Phi) is 3.00. The highest BCUT2D eigenvalue weighted by atomic mass is 19.1. The molecule has 1 fully saturated rings. The van der Waals surface area contributed by atoms with Gasteiger partial charge in [0.2, 0.25) is 0 Å². The number of hydrogen-bond donors (Lipinski definition) is 1. The Labute approximate surface area is 88.5 Å². The number of nitrogens with one attached hydrogen (secondary N) is 1. The normalized spacial score (nSPS) is 26.6. The third-order valence-electron chi connectivity index (χ3n) is 2.93. The van der Waals surface area contributed by atoms with Gasteiger partial charge in [0.1, 0.15) is 11.6 Å². The van der Waals surface area contributed by atoms with Gasteiger partial charge in [0.25, 0.3) is 0 Å². The van der Waals surface area contributed by atoms with E-state index in [2.05, 4.69) is 12.2 Å². The molecule has 1 aliphatic rings. The molecule has 0 aromatic heterocycles. The largest absolute Gasteiger partial charge is 0.316 e. The van der Waals surface area contributed by atoms with Crippen LogP contribution in [0.25, 0.3) is 0 Å². The molecule has 2 atom stereocenters. The van der Waals surface area contributed by atoms with Gasteiger partial charge in [-0.3, -0.25) is 0 Å². The van der Waals surface area contributed by atoms with Crippen molar-refractivity contribution >= 4 is 0 Å². The van der Waals surface area contributed by atoms with E-state index in [0.29, 0.717) is 5.92 Å². The molecule has 1 nitrogen and oxygen atoms in total. The number of halogens is 2. The molecule has 2 unspecified atom stereocenters. The van der Waals surface area contributed by atoms with Gasteiger partial charge in [0, 0.05) is 12.6 Å². The third kappa shape index (κ3) is 2.53. The molecular formula is C12H15F2N. The Hall–Kier alpha value is -0.960. The Morgan fingerprint density at radius 2 is 1.80 bits per heavy atom. The van der Waals surface area contributed by atoms with E-state index < -0.39 is 11.6 Å². The highest BCUT2D eigenvalue weighted by Gasteiger charge is 2.20. The molecule has 0 bridgehead atoms. The van der Waals surface area contributed by atoms with Crippen LogP contribution in [0.15, 0.2) is 18.2 Å². The van der Waals surface area contributed by atoms with Crippen LogP contribution < -0.4 is 5.32 Å². The van der Waals surface area contributed by atoms with Crippen molar-refractivity contribution in [1.82, 2.24) is 5.32 Å². The van der Waals surface area contributed by atoms with Crippen molar-refractivity contribution < 1.29 is 8.78 Å². The molecule has 0 spiro atoms. The summed E-state index contributed by atoms with van der Waals surface area (Å²) < 4.78 is 26.0. The van der Waals surface area contributed by atoms with Gasteiger partial charge >= 0.3 is 0 Å². The number of rotatable bonds is 1. The highest BCUT2D eigenvalue weighted by Crippen LogP contribution is 2.27. The smallest absolute Gasteiger partial charge is 0.126 e. The lowest BCUT2D eigenvalue weighted by molar-refractivity contribution is 0.362. The van der Waals surface area contributed by atoms with E-state index >= 15 is 0 Å². The molecule has 1 aromatic carbocycles. The first kappa shape index (κ1) is 10.6. The Balaban J connectivity index is 2.20. The van der Waals surface area contributed by atoms with E-state index in [1.807, 2.05) is 0 Å². The second kappa shape index (κ2) is 4.27. The Bertz CT molecular complexity index is 331. The number of piperidine rings is 1. The minimum Gasteiger partial charge on any atom is -0.316 e. The van der Waals surface area contributed by atoms with Crippen LogP contribution in [-0.4, -0.2) is 13.1 Å². The lowest BCUT2D eigenvalue weighted by Gasteiger charge is -2.28. The number of hydrogen-bond acceptors (Lipinski definition) is 1. The molecule has 1 N–H and O–H groups in total. The van der Waals surface area contributed by atoms with Gasteiger partial charge in [0.15, 0.2) is 0 Å². The van der Waals surface area contributed by atoms with Crippen LogP contribution in [0, 0.1) is 17.6 Å². The standard InChI is InChI=1S/C12H15F2N/c1-8-2-10(7-15-6-8)9-3-11(13)5-12(14)4-9/h3-5,8,10,15H,2,6-7H2,1H3. The van der Waals surface area contributed by atoms with E-state index in [0.717, 1.165) is 31.1 Å². The van der Waals surface area contributed by atoms with Gasteiger partial charge in [-0.1, -0.05) is 6.92 Å². The van der Waals surface area contributed by atoms with Gasteiger partial charge in [0.05, 0.1) is 0 Å². The van der Waals surface area contributed by atoms with Gasteiger partial charge in [-0.05, 0) is 42.5 Å². The zero-order valence-electron chi connectivity index (χ0n) is 8.76. The zero-order valence-corrected chi connectivity index (χ0v) is 8.76. The topological polar surface area (TPSA) is 12.0 Å². The van der Waals surface area contributed by atoms with Crippen LogP contribution in [0.1, 0.15) is 24.8 Å². The molecule has 0 amide bonds. The van der Waals surface area contributed by atoms with Gasteiger partial charge in [-0.15, -0.1) is 0 Å². The first-order chi connectivity index (χ1) is 7.15. The predicted molar refractivity (Wildman–Crippen MR) is 55.7 cm³/mol. The van der Waals surface area contributed by atoms with Crippen LogP contribution in [0.3, 0.4) is 0 Å². The second-order valence-corrected chi connectivity index (χ2v) is 4.40. The van der Waals surface area contributed by atoms with E-state index in [1.165, 1.54) is 12.1 Å². The van der Waals surface area contributed by atoms with Crippen LogP contribution in [0.2, 0.25) is 0 Å². The third-order valence-corrected chi connectivity index (χ3v) is 2.93. The van der Waals surface area contributed by atoms with E-state index in [4.69, 9.17) is 0 Å². The zero-order chi connectivity index (χ0) is 10.8. The monoisotopic (exact) mass is 211 g/mol. The molecule has 3 heteroatoms.